The van der Waals surface area contributed by atoms with Crippen LogP contribution in [0.25, 0.3) is 11.1 Å². The molecule has 0 bridgehead atoms. The van der Waals surface area contributed by atoms with Crippen LogP contribution in [0.1, 0.15) is 23.0 Å². The maximum atomic E-state index is 11.9. The van der Waals surface area contributed by atoms with Crippen LogP contribution in [0.4, 0.5) is 0 Å². The van der Waals surface area contributed by atoms with Crippen LogP contribution in [0.5, 0.6) is 0 Å². The molecule has 0 saturated carbocycles. The predicted octanol–water partition coefficient (Wildman–Crippen LogP) is 2.20. The molecule has 2 aromatic heterocycles. The molecule has 0 aromatic carbocycles. The second kappa shape index (κ2) is 5.40. The Bertz CT molecular complexity index is 552. The van der Waals surface area contributed by atoms with Gasteiger partial charge in [-0.3, -0.25) is 14.8 Å². The molecule has 0 aliphatic carbocycles. The van der Waals surface area contributed by atoms with E-state index in [9.17, 15) is 4.79 Å². The van der Waals surface area contributed by atoms with Gasteiger partial charge in [-0.25, -0.2) is 0 Å². The number of rotatable bonds is 3. The molecule has 0 fully saturated rings. The second-order valence-corrected chi connectivity index (χ2v) is 3.96. The fraction of sp³-hybridized carbons (Fsp3) is 0.214. The van der Waals surface area contributed by atoms with Crippen LogP contribution in [-0.4, -0.2) is 22.4 Å². The van der Waals surface area contributed by atoms with Gasteiger partial charge in [0.1, 0.15) is 0 Å². The van der Waals surface area contributed by atoms with Crippen molar-refractivity contribution in [2.45, 2.75) is 13.8 Å². The van der Waals surface area contributed by atoms with Crippen molar-refractivity contribution in [2.24, 2.45) is 0 Å². The number of nitrogens with one attached hydrogen (secondary N) is 1. The van der Waals surface area contributed by atoms with E-state index in [4.69, 9.17) is 0 Å². The van der Waals surface area contributed by atoms with Gasteiger partial charge in [-0.15, -0.1) is 0 Å². The molecule has 0 radical (unpaired) electrons. The number of amides is 1. The predicted molar refractivity (Wildman–Crippen MR) is 70.2 cm³/mol. The van der Waals surface area contributed by atoms with E-state index in [0.717, 1.165) is 16.8 Å². The largest absolute Gasteiger partial charge is 0.352 e. The second-order valence-electron chi connectivity index (χ2n) is 3.96. The molecule has 2 rings (SSSR count). The molecular formula is C14H15N3O. The number of nitrogens with zero attached hydrogens (tertiary/aromatic N) is 2. The highest BCUT2D eigenvalue weighted by atomic mass is 16.1. The summed E-state index contributed by atoms with van der Waals surface area (Å²) in [6.45, 7) is 4.33. The van der Waals surface area contributed by atoms with Crippen LogP contribution in [0, 0.1) is 6.92 Å². The summed E-state index contributed by atoms with van der Waals surface area (Å²) in [6, 6.07) is 5.66. The number of aromatic nitrogens is 2. The molecule has 1 N–H and O–H groups in total. The van der Waals surface area contributed by atoms with Crippen molar-refractivity contribution in [3.63, 3.8) is 0 Å². The van der Waals surface area contributed by atoms with Crippen molar-refractivity contribution in [1.82, 2.24) is 15.3 Å². The highest BCUT2D eigenvalue weighted by Crippen LogP contribution is 2.19. The molecule has 2 heterocycles. The van der Waals surface area contributed by atoms with E-state index in [2.05, 4.69) is 15.3 Å². The van der Waals surface area contributed by atoms with E-state index >= 15 is 0 Å². The minimum Gasteiger partial charge on any atom is -0.352 e. The third-order valence-corrected chi connectivity index (χ3v) is 2.66. The number of pyridine rings is 2. The number of hydrogen-bond acceptors (Lipinski definition) is 3. The molecule has 4 nitrogen and oxygen atoms in total. The van der Waals surface area contributed by atoms with Gasteiger partial charge in [0.25, 0.3) is 5.91 Å². The lowest BCUT2D eigenvalue weighted by Gasteiger charge is -2.08. The zero-order chi connectivity index (χ0) is 13.0. The summed E-state index contributed by atoms with van der Waals surface area (Å²) in [5, 5.41) is 2.79. The zero-order valence-electron chi connectivity index (χ0n) is 10.5. The third-order valence-electron chi connectivity index (χ3n) is 2.66. The van der Waals surface area contributed by atoms with Crippen molar-refractivity contribution in [3.05, 3.63) is 48.0 Å². The molecule has 0 unspecified atom stereocenters. The van der Waals surface area contributed by atoms with Gasteiger partial charge >= 0.3 is 0 Å². The number of carbonyl (C=O) groups excluding carboxylic acids is 1. The monoisotopic (exact) mass is 241 g/mol. The summed E-state index contributed by atoms with van der Waals surface area (Å²) >= 11 is 0. The maximum Gasteiger partial charge on any atom is 0.253 e. The van der Waals surface area contributed by atoms with Crippen molar-refractivity contribution >= 4 is 5.91 Å². The Balaban J connectivity index is 2.41. The lowest BCUT2D eigenvalue weighted by atomic mass is 10.1. The first kappa shape index (κ1) is 12.2. The SMILES string of the molecule is CCNC(=O)c1cc(-c2cccnc2)cnc1C. The van der Waals surface area contributed by atoms with Crippen LogP contribution in [0.15, 0.2) is 36.8 Å². The molecule has 0 aliphatic heterocycles. The zero-order valence-corrected chi connectivity index (χ0v) is 10.5. The van der Waals surface area contributed by atoms with Gasteiger partial charge in [-0.05, 0) is 26.0 Å². The summed E-state index contributed by atoms with van der Waals surface area (Å²) in [7, 11) is 0. The van der Waals surface area contributed by atoms with Crippen LogP contribution < -0.4 is 5.32 Å². The fourth-order valence-corrected chi connectivity index (χ4v) is 1.71. The standard InChI is InChI=1S/C14H15N3O/c1-3-16-14(18)13-7-12(9-17-10(13)2)11-5-4-6-15-8-11/h4-9H,3H2,1-2H3,(H,16,18). The first-order chi connectivity index (χ1) is 8.72. The third kappa shape index (κ3) is 2.53. The summed E-state index contributed by atoms with van der Waals surface area (Å²) < 4.78 is 0. The maximum absolute atomic E-state index is 11.9. The van der Waals surface area contributed by atoms with Crippen molar-refractivity contribution in [2.75, 3.05) is 6.54 Å². The Kier molecular flexibility index (Phi) is 3.67. The quantitative estimate of drug-likeness (QED) is 0.896. The molecule has 18 heavy (non-hydrogen) atoms. The topological polar surface area (TPSA) is 54.9 Å². The summed E-state index contributed by atoms with van der Waals surface area (Å²) in [6.07, 6.45) is 5.23. The van der Waals surface area contributed by atoms with Crippen molar-refractivity contribution < 1.29 is 4.79 Å². The smallest absolute Gasteiger partial charge is 0.253 e. The van der Waals surface area contributed by atoms with E-state index in [1.54, 1.807) is 18.6 Å². The Morgan fingerprint density at radius 3 is 2.83 bits per heavy atom. The molecule has 0 spiro atoms. The molecule has 0 aliphatic rings. The molecule has 0 atom stereocenters. The van der Waals surface area contributed by atoms with Gasteiger partial charge in [0, 0.05) is 36.3 Å². The molecular weight excluding hydrogens is 226 g/mol. The van der Waals surface area contributed by atoms with E-state index in [1.165, 1.54) is 0 Å². The van der Waals surface area contributed by atoms with Crippen LogP contribution in [-0.2, 0) is 0 Å². The lowest BCUT2D eigenvalue weighted by Crippen LogP contribution is -2.23. The van der Waals surface area contributed by atoms with Gasteiger partial charge in [0.05, 0.1) is 11.3 Å². The summed E-state index contributed by atoms with van der Waals surface area (Å²) in [5.41, 5.74) is 3.19. The fourth-order valence-electron chi connectivity index (χ4n) is 1.71. The Hall–Kier alpha value is -2.23. The van der Waals surface area contributed by atoms with Crippen molar-refractivity contribution in [3.8, 4) is 11.1 Å². The van der Waals surface area contributed by atoms with Gasteiger partial charge in [0.15, 0.2) is 0 Å². The van der Waals surface area contributed by atoms with Gasteiger partial charge in [0.2, 0.25) is 0 Å². The molecule has 2 aromatic rings. The number of hydrogen-bond donors (Lipinski definition) is 1. The average Bonchev–Trinajstić information content (AvgIpc) is 2.40. The van der Waals surface area contributed by atoms with Crippen LogP contribution in [0.2, 0.25) is 0 Å². The van der Waals surface area contributed by atoms with E-state index in [-0.39, 0.29) is 5.91 Å². The van der Waals surface area contributed by atoms with Gasteiger partial charge in [-0.2, -0.15) is 0 Å². The highest BCUT2D eigenvalue weighted by Gasteiger charge is 2.10. The minimum atomic E-state index is -0.0896. The molecule has 4 heteroatoms. The van der Waals surface area contributed by atoms with Gasteiger partial charge < -0.3 is 5.32 Å². The van der Waals surface area contributed by atoms with Gasteiger partial charge in [-0.1, -0.05) is 6.07 Å². The minimum absolute atomic E-state index is 0.0896. The first-order valence-corrected chi connectivity index (χ1v) is 5.87. The highest BCUT2D eigenvalue weighted by molar-refractivity contribution is 5.96. The Morgan fingerprint density at radius 1 is 1.33 bits per heavy atom. The number of aryl methyl sites for hydroxylation is 1. The van der Waals surface area contributed by atoms with E-state index in [0.29, 0.717) is 12.1 Å². The summed E-state index contributed by atoms with van der Waals surface area (Å²) in [5.74, 6) is -0.0896. The molecule has 1 amide bonds. The van der Waals surface area contributed by atoms with E-state index in [1.807, 2.05) is 32.0 Å². The van der Waals surface area contributed by atoms with Crippen molar-refractivity contribution in [1.29, 1.82) is 0 Å². The summed E-state index contributed by atoms with van der Waals surface area (Å²) in [4.78, 5) is 20.2. The molecule has 92 valence electrons. The average molecular weight is 241 g/mol. The van der Waals surface area contributed by atoms with Crippen LogP contribution in [0.3, 0.4) is 0 Å². The molecule has 0 saturated heterocycles. The first-order valence-electron chi connectivity index (χ1n) is 5.87. The lowest BCUT2D eigenvalue weighted by molar-refractivity contribution is 0.0955. The number of carbonyl (C=O) groups is 1. The Labute approximate surface area is 106 Å². The Morgan fingerprint density at radius 2 is 2.17 bits per heavy atom. The van der Waals surface area contributed by atoms with Crippen LogP contribution >= 0.6 is 0 Å². The normalized spacial score (nSPS) is 10.1. The van der Waals surface area contributed by atoms with E-state index < -0.39 is 0 Å².